The summed E-state index contributed by atoms with van der Waals surface area (Å²) in [6.45, 7) is 8.12. The summed E-state index contributed by atoms with van der Waals surface area (Å²) in [6, 6.07) is 18.8. The number of rotatable bonds is 11. The van der Waals surface area contributed by atoms with E-state index in [1.54, 1.807) is 32.6 Å². The van der Waals surface area contributed by atoms with E-state index in [-0.39, 0.29) is 24.1 Å². The van der Waals surface area contributed by atoms with Crippen LogP contribution >= 0.6 is 18.7 Å². The lowest BCUT2D eigenvalue weighted by Crippen LogP contribution is -2.58. The first-order valence-electron chi connectivity index (χ1n) is 20.1. The fraction of sp³-hybridized carbons (Fsp3) is 0.381. The van der Waals surface area contributed by atoms with Gasteiger partial charge in [-0.1, -0.05) is 23.7 Å². The monoisotopic (exact) mass is 852 g/mol. The minimum absolute atomic E-state index is 0.0184. The van der Waals surface area contributed by atoms with E-state index >= 15 is 0 Å². The van der Waals surface area contributed by atoms with Crippen molar-refractivity contribution in [3.8, 4) is 5.75 Å². The van der Waals surface area contributed by atoms with Crippen LogP contribution in [0, 0.1) is 5.92 Å². The highest BCUT2D eigenvalue weighted by Gasteiger charge is 2.46. The summed E-state index contributed by atoms with van der Waals surface area (Å²) in [5, 5.41) is 11.6. The van der Waals surface area contributed by atoms with Crippen molar-refractivity contribution in [2.45, 2.75) is 37.8 Å². The molecule has 6 heterocycles. The second-order valence-electron chi connectivity index (χ2n) is 16.4. The number of likely N-dealkylation sites (tertiary alicyclic amines) is 1. The van der Waals surface area contributed by atoms with Crippen molar-refractivity contribution < 1.29 is 28.5 Å². The third kappa shape index (κ3) is 7.52. The normalized spacial score (nSPS) is 20.9. The maximum absolute atomic E-state index is 13.4. The Labute approximate surface area is 352 Å². The number of hydrogen-bond donors (Lipinski definition) is 3. The molecule has 0 radical (unpaired) electrons. The number of piperazine rings is 1. The van der Waals surface area contributed by atoms with Gasteiger partial charge in [-0.25, -0.2) is 14.8 Å². The Kier molecular flexibility index (Phi) is 10.4. The van der Waals surface area contributed by atoms with Crippen LogP contribution in [0.15, 0.2) is 66.9 Å². The second kappa shape index (κ2) is 15.7. The molecule has 1 aromatic heterocycles. The number of ether oxygens (including phenoxy) is 1. The van der Waals surface area contributed by atoms with E-state index in [0.29, 0.717) is 57.2 Å². The minimum Gasteiger partial charge on any atom is -0.494 e. The van der Waals surface area contributed by atoms with Crippen molar-refractivity contribution >= 4 is 82.3 Å². The number of benzene rings is 3. The van der Waals surface area contributed by atoms with Crippen LogP contribution in [0.25, 0.3) is 0 Å². The number of nitrogens with one attached hydrogen (secondary N) is 3. The van der Waals surface area contributed by atoms with Gasteiger partial charge in [0, 0.05) is 74.0 Å². The molecule has 4 aromatic rings. The molecule has 3 aromatic carbocycles. The van der Waals surface area contributed by atoms with Crippen LogP contribution in [0.3, 0.4) is 0 Å². The van der Waals surface area contributed by atoms with Gasteiger partial charge in [0.05, 0.1) is 42.4 Å². The second-order valence-corrected chi connectivity index (χ2v) is 19.9. The molecule has 0 aliphatic carbocycles. The summed E-state index contributed by atoms with van der Waals surface area (Å²) < 4.78 is 18.7. The van der Waals surface area contributed by atoms with Gasteiger partial charge in [0.2, 0.25) is 11.9 Å². The zero-order valence-corrected chi connectivity index (χ0v) is 35.2. The van der Waals surface area contributed by atoms with Crippen molar-refractivity contribution in [3.63, 3.8) is 0 Å². The number of piperidine rings is 1. The van der Waals surface area contributed by atoms with E-state index in [1.807, 2.05) is 42.5 Å². The van der Waals surface area contributed by atoms with E-state index in [2.05, 4.69) is 46.7 Å². The van der Waals surface area contributed by atoms with E-state index in [1.165, 1.54) is 6.20 Å². The van der Waals surface area contributed by atoms with Crippen LogP contribution in [-0.4, -0.2) is 120 Å². The lowest BCUT2D eigenvalue weighted by Gasteiger charge is -2.40. The number of aromatic nitrogens is 2. The number of carbonyl (C=O) groups excluding carboxylic acids is 4. The zero-order chi connectivity index (χ0) is 41.9. The molecule has 2 bridgehead atoms. The molecular formula is C42H46ClN10O6P. The molecule has 4 fully saturated rings. The third-order valence-electron chi connectivity index (χ3n) is 12.2. The highest BCUT2D eigenvalue weighted by Crippen LogP contribution is 2.41. The van der Waals surface area contributed by atoms with E-state index < -0.39 is 30.9 Å². The number of carbonyl (C=O) groups is 4. The minimum atomic E-state index is -2.56. The third-order valence-corrected chi connectivity index (χ3v) is 14.0. The molecule has 4 saturated heterocycles. The van der Waals surface area contributed by atoms with Gasteiger partial charge >= 0.3 is 6.03 Å². The Morgan fingerprint density at radius 3 is 2.38 bits per heavy atom. The van der Waals surface area contributed by atoms with E-state index in [0.717, 1.165) is 73.4 Å². The van der Waals surface area contributed by atoms with Crippen LogP contribution < -0.4 is 35.8 Å². The lowest BCUT2D eigenvalue weighted by atomic mass is 9.95. The van der Waals surface area contributed by atoms with Crippen molar-refractivity contribution in [2.75, 3.05) is 80.1 Å². The van der Waals surface area contributed by atoms with Crippen molar-refractivity contribution in [1.82, 2.24) is 30.2 Å². The number of halogens is 1. The molecule has 5 amide bonds. The Balaban J connectivity index is 0.786. The topological polar surface area (TPSA) is 173 Å². The Morgan fingerprint density at radius 2 is 1.65 bits per heavy atom. The first kappa shape index (κ1) is 39.7. The SMILES string of the molecule is COc1cc(N2CCC(CN3C[C@@H]4C[C@H]3CN4c3ccc4c(c3)C(=O)N(N3CCC(=O)NC3=O)C4=O)CC2)ccc1Nc1ncc(Cl)c(Nc2ccccc2P(C)(C)=O)n1. The van der Waals surface area contributed by atoms with Gasteiger partial charge in [-0.15, -0.1) is 0 Å². The average molecular weight is 853 g/mol. The molecule has 5 aliphatic heterocycles. The Bertz CT molecular complexity index is 2460. The molecule has 0 saturated carbocycles. The van der Waals surface area contributed by atoms with Crippen molar-refractivity contribution in [2.24, 2.45) is 5.92 Å². The molecule has 16 nitrogen and oxygen atoms in total. The number of hydrazine groups is 1. The first-order valence-corrected chi connectivity index (χ1v) is 23.1. The Hall–Kier alpha value is -5.70. The summed E-state index contributed by atoms with van der Waals surface area (Å²) in [5.41, 5.74) is 3.91. The summed E-state index contributed by atoms with van der Waals surface area (Å²) in [6.07, 6.45) is 4.73. The fourth-order valence-corrected chi connectivity index (χ4v) is 10.4. The van der Waals surface area contributed by atoms with Gasteiger partial charge in [0.25, 0.3) is 11.8 Å². The molecule has 2 atom stereocenters. The summed E-state index contributed by atoms with van der Waals surface area (Å²) >= 11 is 6.48. The summed E-state index contributed by atoms with van der Waals surface area (Å²) in [5.74, 6) is 0.419. The lowest BCUT2D eigenvalue weighted by molar-refractivity contribution is -0.122. The van der Waals surface area contributed by atoms with E-state index in [4.69, 9.17) is 16.3 Å². The zero-order valence-electron chi connectivity index (χ0n) is 33.6. The molecule has 60 heavy (non-hydrogen) atoms. The van der Waals surface area contributed by atoms with Gasteiger partial charge in [0.15, 0.2) is 5.82 Å². The van der Waals surface area contributed by atoms with Gasteiger partial charge in [-0.2, -0.15) is 9.99 Å². The van der Waals surface area contributed by atoms with Crippen LogP contribution in [0.4, 0.5) is 39.3 Å². The quantitative estimate of drug-likeness (QED) is 0.128. The number of imide groups is 2. The molecule has 3 N–H and O–H groups in total. The van der Waals surface area contributed by atoms with Gasteiger partial charge in [-0.05, 0) is 81.0 Å². The van der Waals surface area contributed by atoms with Crippen LogP contribution in [0.2, 0.25) is 5.02 Å². The molecule has 312 valence electrons. The number of methoxy groups -OCH3 is 1. The molecular weight excluding hydrogens is 807 g/mol. The van der Waals surface area contributed by atoms with Gasteiger partial charge in [0.1, 0.15) is 17.9 Å². The predicted octanol–water partition coefficient (Wildman–Crippen LogP) is 5.51. The van der Waals surface area contributed by atoms with Crippen molar-refractivity contribution in [1.29, 1.82) is 0 Å². The number of nitrogens with zero attached hydrogens (tertiary/aromatic N) is 7. The van der Waals surface area contributed by atoms with Crippen LogP contribution in [-0.2, 0) is 9.36 Å². The molecule has 18 heteroatoms. The van der Waals surface area contributed by atoms with Crippen molar-refractivity contribution in [3.05, 3.63) is 83.0 Å². The van der Waals surface area contributed by atoms with E-state index in [9.17, 15) is 23.7 Å². The largest absolute Gasteiger partial charge is 0.494 e. The maximum atomic E-state index is 13.4. The standard InChI is InChI=1S/C42H46ClN10O6P/c1-59-35-20-26(9-11-33(35)46-41-44-21-32(43)38(48-41)45-34-6-4-5-7-36(34)60(2,3)58)49-15-12-25(13-16-49)22-50-23-29-18-28(50)24-51(29)27-8-10-30-31(19-27)40(56)53(39(30)55)52-17-14-37(54)47-42(52)57/h4-11,19-21,25,28-29H,12-18,22-24H2,1-3H3,(H,47,54,57)(H2,44,45,46,48)/t28-,29-/m0/s1. The van der Waals surface area contributed by atoms with Gasteiger partial charge in [-0.3, -0.25) is 24.6 Å². The fourth-order valence-electron chi connectivity index (χ4n) is 9.15. The Morgan fingerprint density at radius 1 is 0.883 bits per heavy atom. The van der Waals surface area contributed by atoms with Crippen LogP contribution in [0.5, 0.6) is 5.75 Å². The molecule has 5 aliphatic rings. The highest BCUT2D eigenvalue weighted by molar-refractivity contribution is 7.70. The van der Waals surface area contributed by atoms with Gasteiger partial charge < -0.3 is 29.7 Å². The number of urea groups is 1. The number of para-hydroxylation sites is 1. The smallest absolute Gasteiger partial charge is 0.343 e. The highest BCUT2D eigenvalue weighted by atomic mass is 35.5. The summed E-state index contributed by atoms with van der Waals surface area (Å²) in [4.78, 5) is 67.0. The number of fused-ring (bicyclic) bond motifs is 3. The maximum Gasteiger partial charge on any atom is 0.343 e. The summed E-state index contributed by atoms with van der Waals surface area (Å²) in [7, 11) is -0.916. The molecule has 0 unspecified atom stereocenters. The number of amides is 5. The first-order chi connectivity index (χ1) is 28.8. The molecule has 9 rings (SSSR count). The molecule has 0 spiro atoms. The number of anilines is 6. The predicted molar refractivity (Wildman–Crippen MR) is 230 cm³/mol. The number of hydrogen-bond acceptors (Lipinski definition) is 13. The average Bonchev–Trinajstić information content (AvgIpc) is 3.90. The van der Waals surface area contributed by atoms with Crippen LogP contribution in [0.1, 0.15) is 46.4 Å².